The molecule has 0 aliphatic rings. The maximum atomic E-state index is 6.14. The van der Waals surface area contributed by atoms with Crippen LogP contribution in [0.15, 0.2) is 22.7 Å². The van der Waals surface area contributed by atoms with Crippen molar-refractivity contribution in [1.29, 1.82) is 0 Å². The highest BCUT2D eigenvalue weighted by molar-refractivity contribution is 9.10. The largest absolute Gasteiger partial charge is 0.324 e. The van der Waals surface area contributed by atoms with Crippen LogP contribution in [0.3, 0.4) is 0 Å². The number of halogens is 2. The highest BCUT2D eigenvalue weighted by Gasteiger charge is 2.13. The highest BCUT2D eigenvalue weighted by atomic mass is 79.9. The summed E-state index contributed by atoms with van der Waals surface area (Å²) in [4.78, 5) is 0. The van der Waals surface area contributed by atoms with Crippen molar-refractivity contribution in [3.8, 4) is 0 Å². The van der Waals surface area contributed by atoms with Crippen molar-refractivity contribution in [3.63, 3.8) is 0 Å². The van der Waals surface area contributed by atoms with Crippen LogP contribution in [-0.4, -0.2) is 0 Å². The molecule has 0 aliphatic heterocycles. The van der Waals surface area contributed by atoms with E-state index in [1.54, 1.807) is 0 Å². The molecule has 84 valence electrons. The molecule has 0 spiro atoms. The van der Waals surface area contributed by atoms with Gasteiger partial charge in [0.15, 0.2) is 0 Å². The third-order valence-corrected chi connectivity index (χ3v) is 3.55. The van der Waals surface area contributed by atoms with E-state index in [1.807, 2.05) is 18.2 Å². The molecule has 0 fully saturated rings. The fourth-order valence-electron chi connectivity index (χ4n) is 1.53. The topological polar surface area (TPSA) is 26.0 Å². The van der Waals surface area contributed by atoms with Crippen molar-refractivity contribution in [2.45, 2.75) is 32.7 Å². The van der Waals surface area contributed by atoms with E-state index in [9.17, 15) is 0 Å². The second-order valence-corrected chi connectivity index (χ2v) is 5.34. The van der Waals surface area contributed by atoms with Crippen LogP contribution >= 0.6 is 27.5 Å². The third-order valence-electron chi connectivity index (χ3n) is 2.71. The molecule has 1 rings (SSSR count). The quantitative estimate of drug-likeness (QED) is 0.865. The van der Waals surface area contributed by atoms with E-state index in [1.165, 1.54) is 0 Å². The number of hydrogen-bond acceptors (Lipinski definition) is 1. The normalized spacial score (nSPS) is 15.0. The van der Waals surface area contributed by atoms with Gasteiger partial charge in [0, 0.05) is 15.5 Å². The van der Waals surface area contributed by atoms with Gasteiger partial charge in [0.05, 0.1) is 0 Å². The Hall–Kier alpha value is -0.0500. The Morgan fingerprint density at radius 2 is 2.13 bits per heavy atom. The van der Waals surface area contributed by atoms with E-state index in [-0.39, 0.29) is 6.04 Å². The molecule has 0 saturated heterocycles. The molecule has 0 heterocycles. The van der Waals surface area contributed by atoms with Crippen molar-refractivity contribution >= 4 is 27.5 Å². The predicted molar refractivity (Wildman–Crippen MR) is 70.2 cm³/mol. The van der Waals surface area contributed by atoms with Crippen molar-refractivity contribution < 1.29 is 0 Å². The van der Waals surface area contributed by atoms with Crippen molar-refractivity contribution in [2.24, 2.45) is 11.7 Å². The van der Waals surface area contributed by atoms with Crippen LogP contribution in [0.4, 0.5) is 0 Å². The first-order valence-corrected chi connectivity index (χ1v) is 6.42. The van der Waals surface area contributed by atoms with Crippen molar-refractivity contribution in [1.82, 2.24) is 0 Å². The average molecular weight is 291 g/mol. The Morgan fingerprint density at radius 3 is 2.73 bits per heavy atom. The van der Waals surface area contributed by atoms with Crippen LogP contribution in [0.1, 0.15) is 38.3 Å². The zero-order valence-corrected chi connectivity index (χ0v) is 11.5. The number of benzene rings is 1. The molecule has 0 amide bonds. The second kappa shape index (κ2) is 5.88. The van der Waals surface area contributed by atoms with Crippen LogP contribution in [0.5, 0.6) is 0 Å². The molecule has 3 heteroatoms. The van der Waals surface area contributed by atoms with Gasteiger partial charge in [0.2, 0.25) is 0 Å². The van der Waals surface area contributed by atoms with Gasteiger partial charge in [-0.1, -0.05) is 47.8 Å². The minimum atomic E-state index is 0.0324. The summed E-state index contributed by atoms with van der Waals surface area (Å²) in [7, 11) is 0. The summed E-state index contributed by atoms with van der Waals surface area (Å²) < 4.78 is 1.03. The van der Waals surface area contributed by atoms with Gasteiger partial charge in [-0.2, -0.15) is 0 Å². The summed E-state index contributed by atoms with van der Waals surface area (Å²) in [6, 6.07) is 5.86. The Kier molecular flexibility index (Phi) is 5.10. The van der Waals surface area contributed by atoms with Gasteiger partial charge in [0.25, 0.3) is 0 Å². The van der Waals surface area contributed by atoms with Gasteiger partial charge in [0.1, 0.15) is 0 Å². The van der Waals surface area contributed by atoms with Gasteiger partial charge < -0.3 is 5.73 Å². The molecular weight excluding hydrogens is 273 g/mol. The Labute approximate surface area is 105 Å². The van der Waals surface area contributed by atoms with Gasteiger partial charge in [-0.05, 0) is 36.1 Å². The molecule has 15 heavy (non-hydrogen) atoms. The molecule has 0 bridgehead atoms. The fraction of sp³-hybridized carbons (Fsp3) is 0.500. The zero-order valence-electron chi connectivity index (χ0n) is 9.13. The summed E-state index contributed by atoms with van der Waals surface area (Å²) in [6.45, 7) is 4.39. The van der Waals surface area contributed by atoms with Crippen molar-refractivity contribution in [3.05, 3.63) is 33.3 Å². The predicted octanol–water partition coefficient (Wildman–Crippen LogP) is 4.54. The smallest absolute Gasteiger partial charge is 0.0454 e. The standard InChI is InChI=1S/C12H17BrClN/c1-3-8(2)6-12(15)10-7-9(13)4-5-11(10)14/h4-5,7-8,12H,3,6,15H2,1-2H3. The van der Waals surface area contributed by atoms with E-state index in [2.05, 4.69) is 29.8 Å². The van der Waals surface area contributed by atoms with Crippen molar-refractivity contribution in [2.75, 3.05) is 0 Å². The fourth-order valence-corrected chi connectivity index (χ4v) is 2.16. The first-order chi connectivity index (χ1) is 7.04. The Morgan fingerprint density at radius 1 is 1.47 bits per heavy atom. The molecule has 2 unspecified atom stereocenters. The summed E-state index contributed by atoms with van der Waals surface area (Å²) in [5, 5.41) is 0.758. The van der Waals surface area contributed by atoms with E-state index >= 15 is 0 Å². The lowest BCUT2D eigenvalue weighted by Crippen LogP contribution is -2.14. The van der Waals surface area contributed by atoms with Crippen LogP contribution in [-0.2, 0) is 0 Å². The number of rotatable bonds is 4. The maximum Gasteiger partial charge on any atom is 0.0454 e. The second-order valence-electron chi connectivity index (χ2n) is 4.02. The Balaban J connectivity index is 2.80. The molecule has 0 radical (unpaired) electrons. The van der Waals surface area contributed by atoms with Crippen LogP contribution < -0.4 is 5.73 Å². The monoisotopic (exact) mass is 289 g/mol. The van der Waals surface area contributed by atoms with E-state index in [4.69, 9.17) is 17.3 Å². The summed E-state index contributed by atoms with van der Waals surface area (Å²) in [6.07, 6.45) is 2.13. The SMILES string of the molecule is CCC(C)CC(N)c1cc(Br)ccc1Cl. The molecule has 2 atom stereocenters. The molecule has 1 nitrogen and oxygen atoms in total. The molecule has 0 aliphatic carbocycles. The van der Waals surface area contributed by atoms with Gasteiger partial charge in [-0.25, -0.2) is 0 Å². The highest BCUT2D eigenvalue weighted by Crippen LogP contribution is 2.29. The van der Waals surface area contributed by atoms with E-state index in [0.717, 1.165) is 27.9 Å². The lowest BCUT2D eigenvalue weighted by molar-refractivity contribution is 0.461. The zero-order chi connectivity index (χ0) is 11.4. The first-order valence-electron chi connectivity index (χ1n) is 5.25. The lowest BCUT2D eigenvalue weighted by atomic mass is 9.95. The molecule has 0 aromatic heterocycles. The van der Waals surface area contributed by atoms with E-state index < -0.39 is 0 Å². The summed E-state index contributed by atoms with van der Waals surface area (Å²) >= 11 is 9.55. The maximum absolute atomic E-state index is 6.14. The first kappa shape index (κ1) is 13.0. The third kappa shape index (κ3) is 3.78. The molecule has 2 N–H and O–H groups in total. The van der Waals surface area contributed by atoms with Gasteiger partial charge in [-0.3, -0.25) is 0 Å². The minimum Gasteiger partial charge on any atom is -0.324 e. The van der Waals surface area contributed by atoms with Crippen LogP contribution in [0, 0.1) is 5.92 Å². The summed E-state index contributed by atoms with van der Waals surface area (Å²) in [5.74, 6) is 0.634. The number of nitrogens with two attached hydrogens (primary N) is 1. The van der Waals surface area contributed by atoms with Gasteiger partial charge >= 0.3 is 0 Å². The molecule has 0 saturated carbocycles. The Bertz CT molecular complexity index is 327. The lowest BCUT2D eigenvalue weighted by Gasteiger charge is -2.17. The summed E-state index contributed by atoms with van der Waals surface area (Å²) in [5.41, 5.74) is 7.17. The number of hydrogen-bond donors (Lipinski definition) is 1. The van der Waals surface area contributed by atoms with E-state index in [0.29, 0.717) is 5.92 Å². The minimum absolute atomic E-state index is 0.0324. The average Bonchev–Trinajstić information content (AvgIpc) is 2.21. The van der Waals surface area contributed by atoms with Crippen LogP contribution in [0.2, 0.25) is 5.02 Å². The molecule has 1 aromatic carbocycles. The molecule has 1 aromatic rings. The molecular formula is C12H17BrClN. The van der Waals surface area contributed by atoms with Gasteiger partial charge in [-0.15, -0.1) is 0 Å². The van der Waals surface area contributed by atoms with Crippen LogP contribution in [0.25, 0.3) is 0 Å².